The molecule has 1 amide bonds. The molecule has 4 rings (SSSR count). The number of anilines is 1. The third-order valence-corrected chi connectivity index (χ3v) is 7.87. The second kappa shape index (κ2) is 8.53. The maximum absolute atomic E-state index is 13.2. The normalized spacial score (nSPS) is 21.1. The Kier molecular flexibility index (Phi) is 5.99. The van der Waals surface area contributed by atoms with Gasteiger partial charge in [-0.2, -0.15) is 4.31 Å². The molecule has 2 aromatic rings. The van der Waals surface area contributed by atoms with Crippen LogP contribution in [0.5, 0.6) is 0 Å². The van der Waals surface area contributed by atoms with Crippen molar-refractivity contribution in [3.63, 3.8) is 0 Å². The van der Waals surface area contributed by atoms with Crippen LogP contribution < -0.4 is 10.9 Å². The molecule has 9 heteroatoms. The number of piperidine rings is 1. The molecule has 2 aliphatic rings. The minimum atomic E-state index is -3.66. The van der Waals surface area contributed by atoms with Gasteiger partial charge in [0.25, 0.3) is 5.56 Å². The van der Waals surface area contributed by atoms with Crippen LogP contribution in [0.4, 0.5) is 5.69 Å². The molecule has 30 heavy (non-hydrogen) atoms. The first-order chi connectivity index (χ1) is 14.4. The van der Waals surface area contributed by atoms with Crippen molar-refractivity contribution in [3.05, 3.63) is 58.5 Å². The average molecular weight is 450 g/mol. The Morgan fingerprint density at radius 2 is 1.87 bits per heavy atom. The van der Waals surface area contributed by atoms with E-state index >= 15 is 0 Å². The van der Waals surface area contributed by atoms with Gasteiger partial charge in [-0.1, -0.05) is 6.07 Å². The van der Waals surface area contributed by atoms with Crippen molar-refractivity contribution in [2.24, 2.45) is 5.92 Å². The van der Waals surface area contributed by atoms with Crippen LogP contribution in [0.1, 0.15) is 30.9 Å². The SMILES string of the molecule is O=C(CCCCl)Nc1ccc(S(=O)(=O)N2C[C@H]3C[C@H](C2)c2cccc(=O)n2C3)cc1. The topological polar surface area (TPSA) is 88.5 Å². The predicted octanol–water partition coefficient (Wildman–Crippen LogP) is 2.61. The van der Waals surface area contributed by atoms with Crippen LogP contribution in [0, 0.1) is 5.92 Å². The van der Waals surface area contributed by atoms with Gasteiger partial charge < -0.3 is 9.88 Å². The molecular weight excluding hydrogens is 426 g/mol. The number of carbonyl (C=O) groups is 1. The van der Waals surface area contributed by atoms with E-state index in [4.69, 9.17) is 11.6 Å². The quantitative estimate of drug-likeness (QED) is 0.686. The van der Waals surface area contributed by atoms with E-state index in [1.807, 2.05) is 6.07 Å². The number of hydrogen-bond donors (Lipinski definition) is 1. The zero-order valence-corrected chi connectivity index (χ0v) is 18.0. The lowest BCUT2D eigenvalue weighted by molar-refractivity contribution is -0.116. The molecule has 0 saturated carbocycles. The largest absolute Gasteiger partial charge is 0.326 e. The van der Waals surface area contributed by atoms with Crippen molar-refractivity contribution in [1.82, 2.24) is 8.87 Å². The number of halogens is 1. The van der Waals surface area contributed by atoms with E-state index in [9.17, 15) is 18.0 Å². The van der Waals surface area contributed by atoms with Crippen molar-refractivity contribution in [2.75, 3.05) is 24.3 Å². The summed E-state index contributed by atoms with van der Waals surface area (Å²) in [4.78, 5) is 24.2. The van der Waals surface area contributed by atoms with E-state index in [1.54, 1.807) is 28.8 Å². The highest BCUT2D eigenvalue weighted by molar-refractivity contribution is 7.89. The van der Waals surface area contributed by atoms with Crippen LogP contribution in [-0.4, -0.2) is 42.2 Å². The van der Waals surface area contributed by atoms with Crippen LogP contribution in [0.15, 0.2) is 52.2 Å². The summed E-state index contributed by atoms with van der Waals surface area (Å²) >= 11 is 5.60. The molecule has 160 valence electrons. The van der Waals surface area contributed by atoms with Gasteiger partial charge in [-0.3, -0.25) is 9.59 Å². The van der Waals surface area contributed by atoms with Gasteiger partial charge in [-0.15, -0.1) is 11.6 Å². The first-order valence-electron chi connectivity index (χ1n) is 10.0. The number of sulfonamides is 1. The van der Waals surface area contributed by atoms with Crippen LogP contribution in [0.3, 0.4) is 0 Å². The number of nitrogens with one attached hydrogen (secondary N) is 1. The molecular formula is C21H24ClN3O4S. The lowest BCUT2D eigenvalue weighted by atomic mass is 9.84. The first kappa shape index (κ1) is 21.1. The lowest BCUT2D eigenvalue weighted by Crippen LogP contribution is -2.48. The maximum Gasteiger partial charge on any atom is 0.250 e. The van der Waals surface area contributed by atoms with Gasteiger partial charge in [0.05, 0.1) is 4.90 Å². The van der Waals surface area contributed by atoms with Gasteiger partial charge in [0.1, 0.15) is 0 Å². The maximum atomic E-state index is 13.2. The number of hydrogen-bond acceptors (Lipinski definition) is 4. The highest BCUT2D eigenvalue weighted by Crippen LogP contribution is 2.37. The van der Waals surface area contributed by atoms with Crippen molar-refractivity contribution in [2.45, 2.75) is 36.6 Å². The number of benzene rings is 1. The highest BCUT2D eigenvalue weighted by atomic mass is 35.5. The smallest absolute Gasteiger partial charge is 0.250 e. The molecule has 2 bridgehead atoms. The third kappa shape index (κ3) is 4.17. The summed E-state index contributed by atoms with van der Waals surface area (Å²) in [5.74, 6) is 0.402. The zero-order chi connectivity index (χ0) is 21.3. The van der Waals surface area contributed by atoms with E-state index in [-0.39, 0.29) is 28.2 Å². The molecule has 1 aromatic heterocycles. The molecule has 7 nitrogen and oxygen atoms in total. The van der Waals surface area contributed by atoms with E-state index in [1.165, 1.54) is 16.4 Å². The summed E-state index contributed by atoms with van der Waals surface area (Å²) in [6.45, 7) is 1.31. The second-order valence-electron chi connectivity index (χ2n) is 7.89. The molecule has 0 unspecified atom stereocenters. The van der Waals surface area contributed by atoms with Gasteiger partial charge in [0, 0.05) is 55.3 Å². The number of nitrogens with zero attached hydrogens (tertiary/aromatic N) is 2. The van der Waals surface area contributed by atoms with Crippen molar-refractivity contribution in [3.8, 4) is 0 Å². The Morgan fingerprint density at radius 1 is 1.10 bits per heavy atom. The minimum Gasteiger partial charge on any atom is -0.326 e. The summed E-state index contributed by atoms with van der Waals surface area (Å²) in [7, 11) is -3.66. The highest BCUT2D eigenvalue weighted by Gasteiger charge is 2.39. The third-order valence-electron chi connectivity index (χ3n) is 5.76. The van der Waals surface area contributed by atoms with Crippen LogP contribution in [0.25, 0.3) is 0 Å². The summed E-state index contributed by atoms with van der Waals surface area (Å²) in [6, 6.07) is 11.5. The number of carbonyl (C=O) groups excluding carboxylic acids is 1. The van der Waals surface area contributed by atoms with Crippen LogP contribution in [0.2, 0.25) is 0 Å². The van der Waals surface area contributed by atoms with Gasteiger partial charge >= 0.3 is 0 Å². The van der Waals surface area contributed by atoms with E-state index < -0.39 is 10.0 Å². The molecule has 1 aromatic carbocycles. The second-order valence-corrected chi connectivity index (χ2v) is 10.2. The number of aromatic nitrogens is 1. The predicted molar refractivity (Wildman–Crippen MR) is 115 cm³/mol. The monoisotopic (exact) mass is 449 g/mol. The fourth-order valence-electron chi connectivity index (χ4n) is 4.36. The van der Waals surface area contributed by atoms with E-state index in [0.717, 1.165) is 12.1 Å². The fourth-order valence-corrected chi connectivity index (χ4v) is 6.05. The molecule has 1 N–H and O–H groups in total. The Morgan fingerprint density at radius 3 is 2.60 bits per heavy atom. The average Bonchev–Trinajstić information content (AvgIpc) is 2.73. The molecule has 2 atom stereocenters. The summed E-state index contributed by atoms with van der Waals surface area (Å²) < 4.78 is 29.8. The fraction of sp³-hybridized carbons (Fsp3) is 0.429. The van der Waals surface area contributed by atoms with Crippen molar-refractivity contribution >= 4 is 33.2 Å². The molecule has 2 aliphatic heterocycles. The number of fused-ring (bicyclic) bond motifs is 4. The Labute approximate surface area is 180 Å². The molecule has 1 fully saturated rings. The molecule has 3 heterocycles. The van der Waals surface area contributed by atoms with Gasteiger partial charge in [0.15, 0.2) is 0 Å². The Balaban J connectivity index is 1.51. The standard InChI is InChI=1S/C21H24ClN3O4S/c22-10-2-4-20(26)23-17-6-8-18(9-7-17)30(28,29)24-12-15-11-16(14-24)19-3-1-5-21(27)25(19)13-15/h1,3,5-9,15-16H,2,4,10-14H2,(H,23,26)/t15-,16-/m1/s1. The number of alkyl halides is 1. The van der Waals surface area contributed by atoms with E-state index in [2.05, 4.69) is 5.32 Å². The summed E-state index contributed by atoms with van der Waals surface area (Å²) in [5, 5.41) is 2.75. The minimum absolute atomic E-state index is 0.0154. The Bertz CT molecular complexity index is 1100. The molecule has 0 aliphatic carbocycles. The number of pyridine rings is 1. The van der Waals surface area contributed by atoms with Crippen molar-refractivity contribution < 1.29 is 13.2 Å². The first-order valence-corrected chi connectivity index (χ1v) is 12.0. The van der Waals surface area contributed by atoms with Crippen LogP contribution >= 0.6 is 11.6 Å². The molecule has 1 saturated heterocycles. The van der Waals surface area contributed by atoms with Gasteiger partial charge in [-0.25, -0.2) is 8.42 Å². The van der Waals surface area contributed by atoms with Gasteiger partial charge in [0.2, 0.25) is 15.9 Å². The summed E-state index contributed by atoms with van der Waals surface area (Å²) in [5.41, 5.74) is 1.44. The number of amides is 1. The van der Waals surface area contributed by atoms with E-state index in [0.29, 0.717) is 44.0 Å². The summed E-state index contributed by atoms with van der Waals surface area (Å²) in [6.07, 6.45) is 1.81. The van der Waals surface area contributed by atoms with Gasteiger partial charge in [-0.05, 0) is 49.1 Å². The number of rotatable bonds is 6. The molecule has 0 spiro atoms. The van der Waals surface area contributed by atoms with Crippen LogP contribution in [-0.2, 0) is 21.4 Å². The lowest BCUT2D eigenvalue weighted by Gasteiger charge is -2.42. The Hall–Kier alpha value is -2.16. The zero-order valence-electron chi connectivity index (χ0n) is 16.5. The molecule has 0 radical (unpaired) electrons. The van der Waals surface area contributed by atoms with Crippen molar-refractivity contribution in [1.29, 1.82) is 0 Å².